The molecule has 4 heteroatoms. The summed E-state index contributed by atoms with van der Waals surface area (Å²) in [6.07, 6.45) is 9.42. The van der Waals surface area contributed by atoms with E-state index >= 15 is 0 Å². The maximum Gasteiger partial charge on any atom is 0.136 e. The van der Waals surface area contributed by atoms with Crippen LogP contribution >= 0.6 is 0 Å². The summed E-state index contributed by atoms with van der Waals surface area (Å²) in [6, 6.07) is 8.85. The molecule has 24 heavy (non-hydrogen) atoms. The van der Waals surface area contributed by atoms with Gasteiger partial charge in [-0.2, -0.15) is 0 Å². The molecule has 0 radical (unpaired) electrons. The van der Waals surface area contributed by atoms with Gasteiger partial charge in [0.1, 0.15) is 12.1 Å². The largest absolute Gasteiger partial charge is 0.304 e. The van der Waals surface area contributed by atoms with Gasteiger partial charge in [-0.25, -0.2) is 4.98 Å². The molecule has 1 saturated heterocycles. The van der Waals surface area contributed by atoms with Crippen LogP contribution in [-0.4, -0.2) is 39.9 Å². The van der Waals surface area contributed by atoms with Crippen LogP contribution < -0.4 is 0 Å². The Morgan fingerprint density at radius 3 is 2.58 bits per heavy atom. The molecule has 0 bridgehead atoms. The zero-order chi connectivity index (χ0) is 16.9. The Morgan fingerprint density at radius 2 is 1.96 bits per heavy atom. The van der Waals surface area contributed by atoms with Gasteiger partial charge < -0.3 is 9.36 Å². The molecule has 1 aliphatic rings. The first-order valence-electron chi connectivity index (χ1n) is 9.04. The highest BCUT2D eigenvalue weighted by Gasteiger charge is 2.26. The van der Waals surface area contributed by atoms with Gasteiger partial charge in [0, 0.05) is 24.0 Å². The SMILES string of the molecule is CCCc1ccc(-n2ccnc2C2CCN(C(C)C=O)CC2)cc1. The lowest BCUT2D eigenvalue weighted by Gasteiger charge is -2.33. The van der Waals surface area contributed by atoms with E-state index in [2.05, 4.69) is 51.8 Å². The molecule has 2 heterocycles. The molecule has 3 rings (SSSR count). The van der Waals surface area contributed by atoms with E-state index in [4.69, 9.17) is 0 Å². The third kappa shape index (κ3) is 3.59. The molecule has 1 fully saturated rings. The van der Waals surface area contributed by atoms with Gasteiger partial charge in [0.2, 0.25) is 0 Å². The third-order valence-corrected chi connectivity index (χ3v) is 5.09. The number of hydrogen-bond donors (Lipinski definition) is 0. The summed E-state index contributed by atoms with van der Waals surface area (Å²) in [6.45, 7) is 6.12. The van der Waals surface area contributed by atoms with Crippen molar-refractivity contribution in [3.05, 3.63) is 48.0 Å². The number of aromatic nitrogens is 2. The van der Waals surface area contributed by atoms with E-state index in [0.29, 0.717) is 5.92 Å². The van der Waals surface area contributed by atoms with Crippen LogP contribution in [0, 0.1) is 0 Å². The quantitative estimate of drug-likeness (QED) is 0.762. The van der Waals surface area contributed by atoms with Gasteiger partial charge in [0.05, 0.1) is 6.04 Å². The number of likely N-dealkylation sites (tertiary alicyclic amines) is 1. The highest BCUT2D eigenvalue weighted by Crippen LogP contribution is 2.29. The lowest BCUT2D eigenvalue weighted by molar-refractivity contribution is -0.112. The van der Waals surface area contributed by atoms with Crippen LogP contribution in [0.3, 0.4) is 0 Å². The van der Waals surface area contributed by atoms with Crippen molar-refractivity contribution in [3.63, 3.8) is 0 Å². The normalized spacial score (nSPS) is 17.8. The number of benzene rings is 1. The van der Waals surface area contributed by atoms with Gasteiger partial charge in [-0.05, 0) is 57.0 Å². The highest BCUT2D eigenvalue weighted by molar-refractivity contribution is 5.56. The number of rotatable bonds is 6. The predicted molar refractivity (Wildman–Crippen MR) is 96.6 cm³/mol. The third-order valence-electron chi connectivity index (χ3n) is 5.09. The Labute approximate surface area is 144 Å². The summed E-state index contributed by atoms with van der Waals surface area (Å²) in [5, 5.41) is 0. The minimum Gasteiger partial charge on any atom is -0.304 e. The molecule has 2 aromatic rings. The number of carbonyl (C=O) groups excluding carboxylic acids is 1. The summed E-state index contributed by atoms with van der Waals surface area (Å²) in [5.41, 5.74) is 2.57. The Morgan fingerprint density at radius 1 is 1.25 bits per heavy atom. The maximum atomic E-state index is 11.0. The predicted octanol–water partition coefficient (Wildman–Crippen LogP) is 3.59. The van der Waals surface area contributed by atoms with Gasteiger partial charge in [0.15, 0.2) is 0 Å². The van der Waals surface area contributed by atoms with Crippen molar-refractivity contribution in [3.8, 4) is 5.69 Å². The molecule has 0 amide bonds. The van der Waals surface area contributed by atoms with Crippen LogP contribution in [0.1, 0.15) is 50.4 Å². The second kappa shape index (κ2) is 7.75. The number of aryl methyl sites for hydroxylation is 1. The van der Waals surface area contributed by atoms with Crippen molar-refractivity contribution in [2.45, 2.75) is 51.5 Å². The van der Waals surface area contributed by atoms with Crippen molar-refractivity contribution in [1.29, 1.82) is 0 Å². The molecule has 1 unspecified atom stereocenters. The molecule has 0 aliphatic carbocycles. The first-order chi connectivity index (χ1) is 11.7. The van der Waals surface area contributed by atoms with E-state index in [9.17, 15) is 4.79 Å². The number of nitrogens with zero attached hydrogens (tertiary/aromatic N) is 3. The molecule has 0 saturated carbocycles. The zero-order valence-corrected chi connectivity index (χ0v) is 14.7. The smallest absolute Gasteiger partial charge is 0.136 e. The highest BCUT2D eigenvalue weighted by atomic mass is 16.1. The molecule has 128 valence electrons. The van der Waals surface area contributed by atoms with Crippen molar-refractivity contribution in [2.75, 3.05) is 13.1 Å². The van der Waals surface area contributed by atoms with E-state index in [0.717, 1.165) is 44.5 Å². The van der Waals surface area contributed by atoms with Crippen LogP contribution in [0.15, 0.2) is 36.7 Å². The van der Waals surface area contributed by atoms with Crippen LogP contribution in [0.25, 0.3) is 5.69 Å². The van der Waals surface area contributed by atoms with E-state index < -0.39 is 0 Å². The molecule has 4 nitrogen and oxygen atoms in total. The second-order valence-electron chi connectivity index (χ2n) is 6.76. The van der Waals surface area contributed by atoms with Crippen molar-refractivity contribution in [1.82, 2.24) is 14.5 Å². The second-order valence-corrected chi connectivity index (χ2v) is 6.76. The van der Waals surface area contributed by atoms with E-state index in [1.807, 2.05) is 13.1 Å². The summed E-state index contributed by atoms with van der Waals surface area (Å²) < 4.78 is 2.22. The molecular formula is C20H27N3O. The zero-order valence-electron chi connectivity index (χ0n) is 14.7. The summed E-state index contributed by atoms with van der Waals surface area (Å²) in [5.74, 6) is 1.61. The number of piperidine rings is 1. The van der Waals surface area contributed by atoms with Gasteiger partial charge >= 0.3 is 0 Å². The molecular weight excluding hydrogens is 298 g/mol. The number of aldehydes is 1. The van der Waals surface area contributed by atoms with Crippen LogP contribution in [-0.2, 0) is 11.2 Å². The summed E-state index contributed by atoms with van der Waals surface area (Å²) in [7, 11) is 0. The van der Waals surface area contributed by atoms with Crippen molar-refractivity contribution in [2.24, 2.45) is 0 Å². The fraction of sp³-hybridized carbons (Fsp3) is 0.500. The minimum atomic E-state index is 0.0248. The first-order valence-corrected chi connectivity index (χ1v) is 9.04. The lowest BCUT2D eigenvalue weighted by Crippen LogP contribution is -2.40. The molecule has 1 aromatic heterocycles. The molecule has 1 aromatic carbocycles. The van der Waals surface area contributed by atoms with Crippen LogP contribution in [0.4, 0.5) is 0 Å². The average Bonchev–Trinajstić information content (AvgIpc) is 3.12. The Hall–Kier alpha value is -1.94. The Balaban J connectivity index is 1.73. The number of carbonyl (C=O) groups is 1. The average molecular weight is 325 g/mol. The van der Waals surface area contributed by atoms with Crippen molar-refractivity contribution >= 4 is 6.29 Å². The monoisotopic (exact) mass is 325 g/mol. The van der Waals surface area contributed by atoms with E-state index in [-0.39, 0.29) is 6.04 Å². The summed E-state index contributed by atoms with van der Waals surface area (Å²) in [4.78, 5) is 17.9. The number of imidazole rings is 1. The van der Waals surface area contributed by atoms with Gasteiger partial charge in [0.25, 0.3) is 0 Å². The molecule has 0 spiro atoms. The molecule has 0 N–H and O–H groups in total. The van der Waals surface area contributed by atoms with Crippen molar-refractivity contribution < 1.29 is 4.79 Å². The van der Waals surface area contributed by atoms with Crippen LogP contribution in [0.2, 0.25) is 0 Å². The van der Waals surface area contributed by atoms with E-state index in [1.165, 1.54) is 17.7 Å². The van der Waals surface area contributed by atoms with Crippen LogP contribution in [0.5, 0.6) is 0 Å². The minimum absolute atomic E-state index is 0.0248. The molecule has 1 aliphatic heterocycles. The standard InChI is InChI=1S/C20H27N3O/c1-3-4-17-5-7-19(8-6-17)23-14-11-21-20(23)18-9-12-22(13-10-18)16(2)15-24/h5-8,11,14-16,18H,3-4,9-10,12-13H2,1-2H3. The number of hydrogen-bond acceptors (Lipinski definition) is 3. The van der Waals surface area contributed by atoms with Gasteiger partial charge in [-0.15, -0.1) is 0 Å². The molecule has 1 atom stereocenters. The Bertz CT molecular complexity index is 654. The first kappa shape index (κ1) is 16.9. The maximum absolute atomic E-state index is 11.0. The topological polar surface area (TPSA) is 38.1 Å². The Kier molecular flexibility index (Phi) is 5.46. The van der Waals surface area contributed by atoms with Gasteiger partial charge in [-0.1, -0.05) is 25.5 Å². The summed E-state index contributed by atoms with van der Waals surface area (Å²) >= 11 is 0. The fourth-order valence-corrected chi connectivity index (χ4v) is 3.60. The van der Waals surface area contributed by atoms with E-state index in [1.54, 1.807) is 0 Å². The lowest BCUT2D eigenvalue weighted by atomic mass is 9.95. The fourth-order valence-electron chi connectivity index (χ4n) is 3.60. The van der Waals surface area contributed by atoms with Gasteiger partial charge in [-0.3, -0.25) is 4.90 Å².